The molecular formula is C20H15ClF2N2O3S. The van der Waals surface area contributed by atoms with Crippen LogP contribution in [0.5, 0.6) is 0 Å². The van der Waals surface area contributed by atoms with Crippen molar-refractivity contribution < 1.29 is 22.0 Å². The maximum Gasteiger partial charge on any atom is 0.261 e. The van der Waals surface area contributed by atoms with Crippen molar-refractivity contribution in [2.24, 2.45) is 0 Å². The Morgan fingerprint density at radius 3 is 2.31 bits per heavy atom. The highest BCUT2D eigenvalue weighted by Gasteiger charge is 2.18. The van der Waals surface area contributed by atoms with E-state index in [9.17, 15) is 22.0 Å². The third-order valence-corrected chi connectivity index (χ3v) is 5.70. The number of nitrogens with one attached hydrogen (secondary N) is 2. The number of sulfonamides is 1. The van der Waals surface area contributed by atoms with Crippen LogP contribution in [-0.2, 0) is 10.0 Å². The summed E-state index contributed by atoms with van der Waals surface area (Å²) in [5, 5.41) is 2.31. The van der Waals surface area contributed by atoms with Crippen LogP contribution in [0.4, 0.5) is 20.2 Å². The second-order valence-electron chi connectivity index (χ2n) is 6.19. The average molecular weight is 437 g/mol. The topological polar surface area (TPSA) is 75.3 Å². The second-order valence-corrected chi connectivity index (χ2v) is 8.28. The summed E-state index contributed by atoms with van der Waals surface area (Å²) in [6, 6.07) is 12.9. The van der Waals surface area contributed by atoms with Crippen LogP contribution in [0.3, 0.4) is 0 Å². The predicted octanol–water partition coefficient (Wildman–Crippen LogP) is 4.98. The van der Waals surface area contributed by atoms with Gasteiger partial charge in [-0.1, -0.05) is 29.3 Å². The molecule has 0 radical (unpaired) electrons. The molecule has 0 atom stereocenters. The van der Waals surface area contributed by atoms with Gasteiger partial charge in [0.2, 0.25) is 0 Å². The van der Waals surface area contributed by atoms with E-state index in [0.717, 1.165) is 17.7 Å². The first-order valence-electron chi connectivity index (χ1n) is 8.31. The SMILES string of the molecule is Cc1ccc(S(=O)(=O)Nc2ccc(Cl)c(C(=O)Nc3ccc(F)cc3F)c2)cc1. The molecule has 3 aromatic carbocycles. The molecule has 150 valence electrons. The predicted molar refractivity (Wildman–Crippen MR) is 108 cm³/mol. The number of anilines is 2. The number of halogens is 3. The molecule has 0 aliphatic heterocycles. The number of carbonyl (C=O) groups is 1. The minimum Gasteiger partial charge on any atom is -0.319 e. The summed E-state index contributed by atoms with van der Waals surface area (Å²) in [7, 11) is -3.88. The van der Waals surface area contributed by atoms with Gasteiger partial charge in [0.05, 0.1) is 21.2 Å². The maximum atomic E-state index is 13.8. The van der Waals surface area contributed by atoms with Crippen molar-refractivity contribution in [2.45, 2.75) is 11.8 Å². The Labute approximate surface area is 171 Å². The van der Waals surface area contributed by atoms with E-state index < -0.39 is 27.6 Å². The second kappa shape index (κ2) is 8.18. The molecule has 0 fully saturated rings. The van der Waals surface area contributed by atoms with Crippen LogP contribution in [0.2, 0.25) is 5.02 Å². The van der Waals surface area contributed by atoms with E-state index in [4.69, 9.17) is 11.6 Å². The van der Waals surface area contributed by atoms with Crippen LogP contribution >= 0.6 is 11.6 Å². The molecule has 0 saturated carbocycles. The largest absolute Gasteiger partial charge is 0.319 e. The van der Waals surface area contributed by atoms with Gasteiger partial charge in [0.25, 0.3) is 15.9 Å². The minimum atomic E-state index is -3.88. The van der Waals surface area contributed by atoms with Crippen molar-refractivity contribution in [2.75, 3.05) is 10.0 Å². The van der Waals surface area contributed by atoms with Crippen LogP contribution in [0.15, 0.2) is 65.6 Å². The van der Waals surface area contributed by atoms with Gasteiger partial charge in [-0.15, -0.1) is 0 Å². The number of carbonyl (C=O) groups excluding carboxylic acids is 1. The van der Waals surface area contributed by atoms with Crippen LogP contribution in [0, 0.1) is 18.6 Å². The summed E-state index contributed by atoms with van der Waals surface area (Å²) in [6.07, 6.45) is 0. The first-order valence-corrected chi connectivity index (χ1v) is 10.2. The number of benzene rings is 3. The monoisotopic (exact) mass is 436 g/mol. The average Bonchev–Trinajstić information content (AvgIpc) is 2.65. The lowest BCUT2D eigenvalue weighted by molar-refractivity contribution is 0.102. The molecule has 0 saturated heterocycles. The van der Waals surface area contributed by atoms with Crippen LogP contribution in [0.1, 0.15) is 15.9 Å². The smallest absolute Gasteiger partial charge is 0.261 e. The number of aryl methyl sites for hydroxylation is 1. The maximum absolute atomic E-state index is 13.8. The lowest BCUT2D eigenvalue weighted by Crippen LogP contribution is -2.16. The Balaban J connectivity index is 1.85. The fourth-order valence-corrected chi connectivity index (χ4v) is 3.73. The lowest BCUT2D eigenvalue weighted by Gasteiger charge is -2.12. The first-order chi connectivity index (χ1) is 13.7. The van der Waals surface area contributed by atoms with Crippen molar-refractivity contribution in [3.63, 3.8) is 0 Å². The van der Waals surface area contributed by atoms with E-state index in [-0.39, 0.29) is 26.9 Å². The molecule has 0 bridgehead atoms. The van der Waals surface area contributed by atoms with Gasteiger partial charge >= 0.3 is 0 Å². The fraction of sp³-hybridized carbons (Fsp3) is 0.0500. The van der Waals surface area contributed by atoms with Gasteiger partial charge in [-0.3, -0.25) is 9.52 Å². The van der Waals surface area contributed by atoms with Crippen molar-refractivity contribution in [1.29, 1.82) is 0 Å². The molecule has 0 aromatic heterocycles. The Kier molecular flexibility index (Phi) is 5.86. The van der Waals surface area contributed by atoms with Gasteiger partial charge in [0, 0.05) is 11.8 Å². The summed E-state index contributed by atoms with van der Waals surface area (Å²) in [4.78, 5) is 12.5. The van der Waals surface area contributed by atoms with Gasteiger partial charge in [0.15, 0.2) is 0 Å². The summed E-state index contributed by atoms with van der Waals surface area (Å²) in [6.45, 7) is 1.83. The van der Waals surface area contributed by atoms with E-state index in [1.807, 2.05) is 6.92 Å². The summed E-state index contributed by atoms with van der Waals surface area (Å²) in [5.41, 5.74) is 0.680. The zero-order valence-corrected chi connectivity index (χ0v) is 16.6. The number of rotatable bonds is 5. The highest BCUT2D eigenvalue weighted by atomic mass is 35.5. The van der Waals surface area contributed by atoms with Crippen LogP contribution < -0.4 is 10.0 Å². The third-order valence-electron chi connectivity index (χ3n) is 3.97. The summed E-state index contributed by atoms with van der Waals surface area (Å²) < 4.78 is 54.2. The molecule has 0 heterocycles. The molecule has 2 N–H and O–H groups in total. The van der Waals surface area contributed by atoms with Gasteiger partial charge in [-0.05, 0) is 49.4 Å². The molecule has 29 heavy (non-hydrogen) atoms. The van der Waals surface area contributed by atoms with Crippen molar-refractivity contribution in [1.82, 2.24) is 0 Å². The molecule has 5 nitrogen and oxygen atoms in total. The molecule has 9 heteroatoms. The minimum absolute atomic E-state index is 0.0308. The lowest BCUT2D eigenvalue weighted by atomic mass is 10.2. The molecule has 0 spiro atoms. The molecule has 3 rings (SSSR count). The van der Waals surface area contributed by atoms with E-state index in [1.54, 1.807) is 12.1 Å². The van der Waals surface area contributed by atoms with E-state index in [1.165, 1.54) is 30.3 Å². The van der Waals surface area contributed by atoms with Crippen molar-refractivity contribution in [3.8, 4) is 0 Å². The Bertz CT molecular complexity index is 1180. The normalized spacial score (nSPS) is 11.2. The summed E-state index contributed by atoms with van der Waals surface area (Å²) in [5.74, 6) is -2.52. The van der Waals surface area contributed by atoms with Gasteiger partial charge in [-0.25, -0.2) is 17.2 Å². The summed E-state index contributed by atoms with van der Waals surface area (Å²) >= 11 is 6.04. The molecule has 0 unspecified atom stereocenters. The fourth-order valence-electron chi connectivity index (χ4n) is 2.47. The van der Waals surface area contributed by atoms with Crippen molar-refractivity contribution >= 4 is 38.9 Å². The van der Waals surface area contributed by atoms with E-state index in [0.29, 0.717) is 6.07 Å². The quantitative estimate of drug-likeness (QED) is 0.592. The zero-order chi connectivity index (χ0) is 21.2. The Morgan fingerprint density at radius 1 is 0.966 bits per heavy atom. The first kappa shape index (κ1) is 20.8. The molecule has 1 amide bonds. The van der Waals surface area contributed by atoms with Crippen LogP contribution in [0.25, 0.3) is 0 Å². The number of amides is 1. The third kappa shape index (κ3) is 4.90. The van der Waals surface area contributed by atoms with E-state index >= 15 is 0 Å². The molecular weight excluding hydrogens is 422 g/mol. The highest BCUT2D eigenvalue weighted by Crippen LogP contribution is 2.25. The number of hydrogen-bond donors (Lipinski definition) is 2. The van der Waals surface area contributed by atoms with E-state index in [2.05, 4.69) is 10.0 Å². The van der Waals surface area contributed by atoms with Crippen LogP contribution in [-0.4, -0.2) is 14.3 Å². The molecule has 0 aliphatic carbocycles. The number of hydrogen-bond acceptors (Lipinski definition) is 3. The molecule has 0 aliphatic rings. The van der Waals surface area contributed by atoms with Gasteiger partial charge in [0.1, 0.15) is 11.6 Å². The van der Waals surface area contributed by atoms with Gasteiger partial charge in [-0.2, -0.15) is 0 Å². The Morgan fingerprint density at radius 2 is 1.66 bits per heavy atom. The Hall–Kier alpha value is -2.97. The van der Waals surface area contributed by atoms with Crippen molar-refractivity contribution in [3.05, 3.63) is 88.4 Å². The zero-order valence-electron chi connectivity index (χ0n) is 15.0. The highest BCUT2D eigenvalue weighted by molar-refractivity contribution is 7.92. The molecule has 3 aromatic rings. The standard InChI is InChI=1S/C20H15ClF2N2O3S/c1-12-2-6-15(7-3-12)29(27,28)25-14-5-8-17(21)16(11-14)20(26)24-19-9-4-13(22)10-18(19)23/h2-11,25H,1H3,(H,24,26). The van der Waals surface area contributed by atoms with Gasteiger partial charge < -0.3 is 5.32 Å².